The first-order chi connectivity index (χ1) is 15.6. The molecule has 0 saturated carbocycles. The second-order valence-corrected chi connectivity index (χ2v) is 8.93. The number of hydrogen-bond acceptors (Lipinski definition) is 4. The molecule has 3 aromatic carbocycles. The normalized spacial score (nSPS) is 17.0. The first-order valence-corrected chi connectivity index (χ1v) is 11.6. The molecule has 3 aromatic rings. The van der Waals surface area contributed by atoms with Crippen LogP contribution >= 0.6 is 23.4 Å². The molecule has 1 aliphatic rings. The smallest absolute Gasteiger partial charge is 0.242 e. The zero-order valence-corrected chi connectivity index (χ0v) is 18.9. The van der Waals surface area contributed by atoms with E-state index in [1.165, 1.54) is 11.8 Å². The topological polar surface area (TPSA) is 61.8 Å². The van der Waals surface area contributed by atoms with E-state index >= 15 is 0 Å². The summed E-state index contributed by atoms with van der Waals surface area (Å²) in [6.07, 6.45) is 0.784. The maximum Gasteiger partial charge on any atom is 0.242 e. The van der Waals surface area contributed by atoms with Crippen LogP contribution in [0.25, 0.3) is 0 Å². The van der Waals surface area contributed by atoms with Crippen LogP contribution in [0.1, 0.15) is 12.0 Å². The fourth-order valence-electron chi connectivity index (χ4n) is 3.34. The third-order valence-corrected chi connectivity index (χ3v) is 6.39. The standard InChI is InChI=1S/C25H22ClN3O2S/c26-19-11-13-21(14-12-19)27-23(30)17-22-24(31)29(16-15-18-7-3-1-4-8-18)25(32-22)28-20-9-5-2-6-10-20/h1-14,22H,15-17H2,(H,27,30). The molecule has 162 valence electrons. The van der Waals surface area contributed by atoms with Crippen LogP contribution in [0.15, 0.2) is 89.9 Å². The molecule has 1 unspecified atom stereocenters. The molecule has 0 bridgehead atoms. The molecule has 1 atom stereocenters. The van der Waals surface area contributed by atoms with E-state index in [9.17, 15) is 9.59 Å². The summed E-state index contributed by atoms with van der Waals surface area (Å²) in [6.45, 7) is 0.511. The van der Waals surface area contributed by atoms with Gasteiger partial charge >= 0.3 is 0 Å². The average Bonchev–Trinajstić information content (AvgIpc) is 3.09. The number of para-hydroxylation sites is 1. The quantitative estimate of drug-likeness (QED) is 0.500. The molecule has 1 saturated heterocycles. The van der Waals surface area contributed by atoms with Crippen molar-refractivity contribution in [2.75, 3.05) is 11.9 Å². The summed E-state index contributed by atoms with van der Waals surface area (Å²) in [5.74, 6) is -0.311. The number of amidine groups is 1. The molecule has 5 nitrogen and oxygen atoms in total. The third kappa shape index (κ3) is 5.78. The van der Waals surface area contributed by atoms with Crippen LogP contribution in [0.4, 0.5) is 11.4 Å². The lowest BCUT2D eigenvalue weighted by Gasteiger charge is -2.16. The number of aliphatic imine (C=N–C) groups is 1. The summed E-state index contributed by atoms with van der Waals surface area (Å²) in [5, 5.41) is 3.54. The van der Waals surface area contributed by atoms with Gasteiger partial charge in [0.05, 0.1) is 5.69 Å². The summed E-state index contributed by atoms with van der Waals surface area (Å²) >= 11 is 7.24. The fraction of sp³-hybridized carbons (Fsp3) is 0.160. The van der Waals surface area contributed by atoms with E-state index in [1.807, 2.05) is 60.7 Å². The lowest BCUT2D eigenvalue weighted by Crippen LogP contribution is -2.35. The van der Waals surface area contributed by atoms with Crippen LogP contribution in [-0.4, -0.2) is 33.7 Å². The van der Waals surface area contributed by atoms with Gasteiger partial charge in [-0.25, -0.2) is 4.99 Å². The van der Waals surface area contributed by atoms with Gasteiger partial charge in [0.15, 0.2) is 5.17 Å². The van der Waals surface area contributed by atoms with E-state index in [-0.39, 0.29) is 18.2 Å². The van der Waals surface area contributed by atoms with Gasteiger partial charge in [-0.3, -0.25) is 14.5 Å². The zero-order valence-electron chi connectivity index (χ0n) is 17.3. The van der Waals surface area contributed by atoms with Crippen molar-refractivity contribution in [3.8, 4) is 0 Å². The molecule has 32 heavy (non-hydrogen) atoms. The molecule has 1 fully saturated rings. The molecular formula is C25H22ClN3O2S. The van der Waals surface area contributed by atoms with Crippen molar-refractivity contribution in [3.63, 3.8) is 0 Å². The molecule has 7 heteroatoms. The second-order valence-electron chi connectivity index (χ2n) is 7.32. The Morgan fingerprint density at radius 2 is 1.62 bits per heavy atom. The second kappa shape index (κ2) is 10.5. The van der Waals surface area contributed by atoms with Gasteiger partial charge in [-0.05, 0) is 48.4 Å². The number of thioether (sulfide) groups is 1. The third-order valence-electron chi connectivity index (χ3n) is 4.97. The zero-order chi connectivity index (χ0) is 22.3. The number of rotatable bonds is 7. The average molecular weight is 464 g/mol. The van der Waals surface area contributed by atoms with Gasteiger partial charge in [-0.1, -0.05) is 71.9 Å². The van der Waals surface area contributed by atoms with E-state index in [0.29, 0.717) is 28.8 Å². The summed E-state index contributed by atoms with van der Waals surface area (Å²) in [4.78, 5) is 32.2. The molecule has 0 radical (unpaired) electrons. The number of nitrogens with zero attached hydrogens (tertiary/aromatic N) is 2. The highest BCUT2D eigenvalue weighted by Gasteiger charge is 2.39. The molecule has 4 rings (SSSR count). The minimum Gasteiger partial charge on any atom is -0.326 e. The SMILES string of the molecule is O=C(CC1SC(=Nc2ccccc2)N(CCc2ccccc2)C1=O)Nc1ccc(Cl)cc1. The number of amides is 2. The molecule has 1 heterocycles. The van der Waals surface area contributed by atoms with Crippen molar-refractivity contribution in [1.29, 1.82) is 0 Å². The Labute approximate surface area is 196 Å². The van der Waals surface area contributed by atoms with Gasteiger partial charge in [-0.15, -0.1) is 0 Å². The van der Waals surface area contributed by atoms with Crippen LogP contribution < -0.4 is 5.32 Å². The number of nitrogens with one attached hydrogen (secondary N) is 1. The highest BCUT2D eigenvalue weighted by atomic mass is 35.5. The largest absolute Gasteiger partial charge is 0.326 e. The maximum atomic E-state index is 13.2. The van der Waals surface area contributed by atoms with E-state index in [0.717, 1.165) is 11.3 Å². The Kier molecular flexibility index (Phi) is 7.24. The van der Waals surface area contributed by atoms with Crippen molar-refractivity contribution in [2.45, 2.75) is 18.1 Å². The van der Waals surface area contributed by atoms with Gasteiger partial charge in [-0.2, -0.15) is 0 Å². The minimum absolute atomic E-state index is 0.0712. The van der Waals surface area contributed by atoms with E-state index in [2.05, 4.69) is 5.32 Å². The molecule has 0 aliphatic carbocycles. The van der Waals surface area contributed by atoms with Gasteiger partial charge in [0.2, 0.25) is 11.8 Å². The van der Waals surface area contributed by atoms with Crippen molar-refractivity contribution >= 4 is 51.7 Å². The first kappa shape index (κ1) is 22.1. The van der Waals surface area contributed by atoms with Gasteiger partial charge < -0.3 is 5.32 Å². The van der Waals surface area contributed by atoms with Gasteiger partial charge in [0.25, 0.3) is 0 Å². The predicted octanol–water partition coefficient (Wildman–Crippen LogP) is 5.54. The maximum absolute atomic E-state index is 13.2. The Morgan fingerprint density at radius 3 is 2.31 bits per heavy atom. The Balaban J connectivity index is 1.48. The van der Waals surface area contributed by atoms with Gasteiger partial charge in [0, 0.05) is 23.7 Å². The van der Waals surface area contributed by atoms with Crippen LogP contribution in [0.3, 0.4) is 0 Å². The highest BCUT2D eigenvalue weighted by Crippen LogP contribution is 2.32. The first-order valence-electron chi connectivity index (χ1n) is 10.3. The molecule has 0 aromatic heterocycles. The summed E-state index contributed by atoms with van der Waals surface area (Å²) < 4.78 is 0. The van der Waals surface area contributed by atoms with Crippen LogP contribution in [-0.2, 0) is 16.0 Å². The molecule has 1 aliphatic heterocycles. The summed E-state index contributed by atoms with van der Waals surface area (Å²) in [7, 11) is 0. The Bertz CT molecular complexity index is 1110. The number of anilines is 1. The molecule has 1 N–H and O–H groups in total. The van der Waals surface area contributed by atoms with Gasteiger partial charge in [0.1, 0.15) is 5.25 Å². The summed E-state index contributed by atoms with van der Waals surface area (Å²) in [6, 6.07) is 26.4. The number of carbonyl (C=O) groups excluding carboxylic acids is 2. The van der Waals surface area contributed by atoms with E-state index in [1.54, 1.807) is 29.2 Å². The van der Waals surface area contributed by atoms with E-state index in [4.69, 9.17) is 16.6 Å². The number of halogens is 1. The van der Waals surface area contributed by atoms with Crippen LogP contribution in [0.5, 0.6) is 0 Å². The molecule has 2 amide bonds. The number of carbonyl (C=O) groups is 2. The monoisotopic (exact) mass is 463 g/mol. The van der Waals surface area contributed by atoms with Crippen LogP contribution in [0.2, 0.25) is 5.02 Å². The lowest BCUT2D eigenvalue weighted by atomic mass is 10.1. The molecule has 0 spiro atoms. The van der Waals surface area contributed by atoms with Crippen molar-refractivity contribution < 1.29 is 9.59 Å². The number of benzene rings is 3. The highest BCUT2D eigenvalue weighted by molar-refractivity contribution is 8.15. The van der Waals surface area contributed by atoms with Crippen molar-refractivity contribution in [1.82, 2.24) is 4.90 Å². The van der Waals surface area contributed by atoms with Crippen molar-refractivity contribution in [3.05, 3.63) is 95.5 Å². The Hall–Kier alpha value is -3.09. The van der Waals surface area contributed by atoms with Crippen LogP contribution in [0, 0.1) is 0 Å². The van der Waals surface area contributed by atoms with E-state index < -0.39 is 5.25 Å². The molecular weight excluding hydrogens is 442 g/mol. The van der Waals surface area contributed by atoms with Crippen molar-refractivity contribution in [2.24, 2.45) is 4.99 Å². The Morgan fingerprint density at radius 1 is 0.969 bits per heavy atom. The summed E-state index contributed by atoms with van der Waals surface area (Å²) in [5.41, 5.74) is 2.57. The predicted molar refractivity (Wildman–Crippen MR) is 131 cm³/mol. The number of hydrogen-bond donors (Lipinski definition) is 1. The lowest BCUT2D eigenvalue weighted by molar-refractivity contribution is -0.128. The fourth-order valence-corrected chi connectivity index (χ4v) is 4.65. The minimum atomic E-state index is -0.513.